The number of carbonyl (C=O) groups excluding carboxylic acids is 1. The van der Waals surface area contributed by atoms with Crippen LogP contribution in [-0.2, 0) is 19.5 Å². The molecule has 5 aromatic rings. The number of aliphatic hydroxyl groups excluding tert-OH is 1. The van der Waals surface area contributed by atoms with Crippen LogP contribution in [0, 0.1) is 0 Å². The van der Waals surface area contributed by atoms with Crippen LogP contribution < -0.4 is 15.7 Å². The van der Waals surface area contributed by atoms with E-state index >= 15 is 0 Å². The van der Waals surface area contributed by atoms with E-state index in [-0.39, 0.29) is 17.5 Å². The van der Waals surface area contributed by atoms with Gasteiger partial charge in [0.05, 0.1) is 13.7 Å². The van der Waals surface area contributed by atoms with Crippen molar-refractivity contribution >= 4 is 20.0 Å². The van der Waals surface area contributed by atoms with E-state index in [2.05, 4.69) is 44.2 Å². The second-order valence-corrected chi connectivity index (χ2v) is 19.4. The first kappa shape index (κ1) is 37.8. The molecule has 4 aromatic carbocycles. The minimum Gasteiger partial charge on any atom is -0.497 e. The van der Waals surface area contributed by atoms with E-state index in [1.807, 2.05) is 91.0 Å². The van der Waals surface area contributed by atoms with E-state index in [1.54, 1.807) is 31.4 Å². The van der Waals surface area contributed by atoms with Crippen molar-refractivity contribution in [1.29, 1.82) is 0 Å². The monoisotopic (exact) mass is 733 g/mol. The van der Waals surface area contributed by atoms with E-state index in [9.17, 15) is 14.7 Å². The Bertz CT molecular complexity index is 2000. The van der Waals surface area contributed by atoms with E-state index in [4.69, 9.17) is 18.6 Å². The molecule has 6 rings (SSSR count). The minimum atomic E-state index is -2.49. The van der Waals surface area contributed by atoms with Crippen LogP contribution in [-0.4, -0.2) is 60.9 Å². The maximum absolute atomic E-state index is 13.5. The lowest BCUT2D eigenvalue weighted by atomic mass is 9.80. The highest BCUT2D eigenvalue weighted by Gasteiger charge is 2.51. The molecule has 1 fully saturated rings. The Labute approximate surface area is 311 Å². The minimum absolute atomic E-state index is 0.00391. The Hall–Kier alpha value is -4.91. The van der Waals surface area contributed by atoms with Crippen molar-refractivity contribution in [3.05, 3.63) is 160 Å². The maximum Gasteiger partial charge on any atom is 0.351 e. The number of benzene rings is 4. The third kappa shape index (κ3) is 7.90. The van der Waals surface area contributed by atoms with Crippen LogP contribution in [0.15, 0.2) is 132 Å². The van der Waals surface area contributed by atoms with E-state index in [1.165, 1.54) is 16.8 Å². The predicted molar refractivity (Wildman–Crippen MR) is 207 cm³/mol. The zero-order chi connectivity index (χ0) is 37.8. The third-order valence-electron chi connectivity index (χ3n) is 10.2. The summed E-state index contributed by atoms with van der Waals surface area (Å²) >= 11 is 0. The molecule has 0 unspecified atom stereocenters. The molecule has 10 nitrogen and oxygen atoms in total. The van der Waals surface area contributed by atoms with Crippen molar-refractivity contribution in [3.63, 3.8) is 0 Å². The molecule has 0 spiro atoms. The van der Waals surface area contributed by atoms with Crippen LogP contribution in [0.3, 0.4) is 0 Å². The third-order valence-corrected chi connectivity index (χ3v) is 14.7. The molecule has 2 N–H and O–H groups in total. The van der Waals surface area contributed by atoms with Gasteiger partial charge in [0.25, 0.3) is 5.91 Å². The second kappa shape index (κ2) is 15.6. The lowest BCUT2D eigenvalue weighted by Crippen LogP contribution is -2.50. The largest absolute Gasteiger partial charge is 0.497 e. The van der Waals surface area contributed by atoms with E-state index in [0.717, 1.165) is 16.7 Å². The molecule has 276 valence electrons. The molecule has 0 saturated carbocycles. The molecule has 2 heterocycles. The predicted octanol–water partition coefficient (Wildman–Crippen LogP) is 7.16. The zero-order valence-electron chi connectivity index (χ0n) is 30.9. The SMILES string of the molecule is COc1ccc(C(OC[C@H]2O[C@@H](n3ccc(NC(=O)c4ccccc4)nc3=O)[C@H](O)[C@@H]2O[Si](C)(C)C(C)(C)C)(c2ccccc2)c2ccccc2)cc1. The Morgan fingerprint density at radius 3 is 1.92 bits per heavy atom. The molecule has 0 bridgehead atoms. The fourth-order valence-corrected chi connectivity index (χ4v) is 7.65. The normalized spacial score (nSPS) is 19.2. The Morgan fingerprint density at radius 1 is 0.849 bits per heavy atom. The van der Waals surface area contributed by atoms with Gasteiger partial charge in [0, 0.05) is 11.8 Å². The molecule has 11 heteroatoms. The van der Waals surface area contributed by atoms with E-state index < -0.39 is 50.1 Å². The summed E-state index contributed by atoms with van der Waals surface area (Å²) in [7, 11) is -0.866. The van der Waals surface area contributed by atoms with Gasteiger partial charge in [-0.1, -0.05) is 112 Å². The average Bonchev–Trinajstić information content (AvgIpc) is 3.46. The fourth-order valence-electron chi connectivity index (χ4n) is 6.33. The topological polar surface area (TPSA) is 121 Å². The van der Waals surface area contributed by atoms with Gasteiger partial charge in [0.15, 0.2) is 14.5 Å². The van der Waals surface area contributed by atoms with Gasteiger partial charge in [-0.05, 0) is 65.2 Å². The number of aliphatic hydroxyl groups is 1. The summed E-state index contributed by atoms with van der Waals surface area (Å²) in [5, 5.41) is 14.5. The van der Waals surface area contributed by atoms with E-state index in [0.29, 0.717) is 11.3 Å². The van der Waals surface area contributed by atoms with Crippen molar-refractivity contribution in [1.82, 2.24) is 9.55 Å². The van der Waals surface area contributed by atoms with Crippen LogP contribution in [0.2, 0.25) is 18.1 Å². The highest BCUT2D eigenvalue weighted by molar-refractivity contribution is 6.74. The average molecular weight is 734 g/mol. The summed E-state index contributed by atoms with van der Waals surface area (Å²) in [5.41, 5.74) is 1.27. The molecule has 53 heavy (non-hydrogen) atoms. The molecular weight excluding hydrogens is 687 g/mol. The number of nitrogens with zero attached hydrogens (tertiary/aromatic N) is 2. The smallest absolute Gasteiger partial charge is 0.351 e. The highest BCUT2D eigenvalue weighted by atomic mass is 28.4. The molecular formula is C42H47N3O7Si. The van der Waals surface area contributed by atoms with Crippen molar-refractivity contribution in [2.75, 3.05) is 19.0 Å². The van der Waals surface area contributed by atoms with Gasteiger partial charge >= 0.3 is 5.69 Å². The van der Waals surface area contributed by atoms with Gasteiger partial charge in [0.2, 0.25) is 0 Å². The first-order valence-corrected chi connectivity index (χ1v) is 20.6. The lowest BCUT2D eigenvalue weighted by Gasteiger charge is -2.41. The standard InChI is InChI=1S/C42H47N3O7Si/c1-41(2,3)53(5,6)52-37-34(51-39(36(37)46)45-27-26-35(44-40(45)48)43-38(47)29-16-10-7-11-17-29)28-50-42(30-18-12-8-13-19-30,31-20-14-9-15-21-31)32-22-24-33(49-4)25-23-32/h7-27,34,36-37,39,46H,28H2,1-6H3,(H,43,44,47,48)/t34-,36-,37-,39-/m1/s1. The number of carbonyl (C=O) groups is 1. The number of aromatic nitrogens is 2. The summed E-state index contributed by atoms with van der Waals surface area (Å²) in [6.45, 7) is 10.6. The van der Waals surface area contributed by atoms with Gasteiger partial charge in [-0.15, -0.1) is 0 Å². The zero-order valence-corrected chi connectivity index (χ0v) is 31.9. The van der Waals surface area contributed by atoms with Crippen LogP contribution >= 0.6 is 0 Å². The Kier molecular flexibility index (Phi) is 11.1. The van der Waals surface area contributed by atoms with Gasteiger partial charge in [-0.2, -0.15) is 4.98 Å². The molecule has 0 aliphatic carbocycles. The summed E-state index contributed by atoms with van der Waals surface area (Å²) in [4.78, 5) is 30.4. The number of methoxy groups -OCH3 is 1. The molecule has 1 aromatic heterocycles. The maximum atomic E-state index is 13.5. The van der Waals surface area contributed by atoms with Crippen LogP contribution in [0.4, 0.5) is 5.82 Å². The number of ether oxygens (including phenoxy) is 3. The summed E-state index contributed by atoms with van der Waals surface area (Å²) in [5.74, 6) is 0.391. The number of anilines is 1. The molecule has 1 aliphatic rings. The summed E-state index contributed by atoms with van der Waals surface area (Å²) < 4.78 is 27.3. The molecule has 1 saturated heterocycles. The molecule has 1 aliphatic heterocycles. The van der Waals surface area contributed by atoms with Crippen LogP contribution in [0.5, 0.6) is 5.75 Å². The second-order valence-electron chi connectivity index (χ2n) is 14.7. The van der Waals surface area contributed by atoms with Crippen molar-refractivity contribution in [2.45, 2.75) is 69.0 Å². The fraction of sp³-hybridized carbons (Fsp3) is 0.310. The Morgan fingerprint density at radius 2 is 1.40 bits per heavy atom. The summed E-state index contributed by atoms with van der Waals surface area (Å²) in [6, 6.07) is 37.8. The number of rotatable bonds is 12. The number of hydrogen-bond acceptors (Lipinski definition) is 8. The molecule has 0 radical (unpaired) electrons. The Balaban J connectivity index is 1.37. The first-order chi connectivity index (χ1) is 25.3. The summed E-state index contributed by atoms with van der Waals surface area (Å²) in [6.07, 6.45) is -2.55. The van der Waals surface area contributed by atoms with Crippen LogP contribution in [0.1, 0.15) is 54.0 Å². The van der Waals surface area contributed by atoms with Crippen molar-refractivity contribution < 1.29 is 28.5 Å². The molecule has 1 amide bonds. The van der Waals surface area contributed by atoms with Crippen LogP contribution in [0.25, 0.3) is 0 Å². The van der Waals surface area contributed by atoms with Crippen molar-refractivity contribution in [3.8, 4) is 5.75 Å². The van der Waals surface area contributed by atoms with Gasteiger partial charge in [0.1, 0.15) is 35.5 Å². The molecule has 4 atom stereocenters. The number of nitrogens with one attached hydrogen (secondary N) is 1. The van der Waals surface area contributed by atoms with Gasteiger partial charge < -0.3 is 29.1 Å². The first-order valence-electron chi connectivity index (χ1n) is 17.7. The number of amides is 1. The number of hydrogen-bond donors (Lipinski definition) is 2. The van der Waals surface area contributed by atoms with Gasteiger partial charge in [-0.3, -0.25) is 9.36 Å². The quantitative estimate of drug-likeness (QED) is 0.102. The van der Waals surface area contributed by atoms with Crippen molar-refractivity contribution in [2.24, 2.45) is 0 Å². The van der Waals surface area contributed by atoms with Gasteiger partial charge in [-0.25, -0.2) is 4.79 Å². The highest BCUT2D eigenvalue weighted by Crippen LogP contribution is 2.44. The lowest BCUT2D eigenvalue weighted by molar-refractivity contribution is -0.0947.